The van der Waals surface area contributed by atoms with Crippen molar-refractivity contribution in [1.82, 2.24) is 0 Å². The quantitative estimate of drug-likeness (QED) is 0.705. The van der Waals surface area contributed by atoms with E-state index < -0.39 is 26.8 Å². The Balaban J connectivity index is 2.41. The van der Waals surface area contributed by atoms with Gasteiger partial charge in [-0.1, -0.05) is 18.2 Å². The average molecular weight is 266 g/mol. The zero-order chi connectivity index (χ0) is 13.3. The predicted molar refractivity (Wildman–Crippen MR) is 66.1 cm³/mol. The van der Waals surface area contributed by atoms with Crippen LogP contribution in [0.2, 0.25) is 0 Å². The third-order valence-corrected chi connectivity index (χ3v) is 3.70. The molecule has 0 spiro atoms. The van der Waals surface area contributed by atoms with E-state index in [0.29, 0.717) is 5.69 Å². The van der Waals surface area contributed by atoms with Crippen molar-refractivity contribution in [2.24, 2.45) is 5.10 Å². The summed E-state index contributed by atoms with van der Waals surface area (Å²) < 4.78 is 22.6. The largest absolute Gasteiger partial charge is 0.316 e. The van der Waals surface area contributed by atoms with Crippen LogP contribution in [0, 0.1) is 0 Å². The average Bonchev–Trinajstić information content (AvgIpc) is 2.32. The monoisotopic (exact) mass is 266 g/mol. The van der Waals surface area contributed by atoms with E-state index in [1.807, 2.05) is 0 Å². The smallest absolute Gasteiger partial charge is 0.287 e. The lowest BCUT2D eigenvalue weighted by Gasteiger charge is -2.22. The predicted octanol–water partition coefficient (Wildman–Crippen LogP) is 0.00130. The number of sulfone groups is 1. The normalized spacial score (nSPS) is 20.3. The van der Waals surface area contributed by atoms with E-state index in [0.717, 1.165) is 17.5 Å². The summed E-state index contributed by atoms with van der Waals surface area (Å²) in [5, 5.41) is 3.15. The van der Waals surface area contributed by atoms with E-state index >= 15 is 0 Å². The zero-order valence-electron chi connectivity index (χ0n) is 9.48. The van der Waals surface area contributed by atoms with Gasteiger partial charge < -0.3 is 0 Å². The number of carbonyl (C=O) groups excluding carboxylic acids is 2. The molecule has 1 aliphatic rings. The Kier molecular flexibility index (Phi) is 3.00. The number of carbonyl (C=O) groups is 2. The highest BCUT2D eigenvalue weighted by atomic mass is 32.2. The number of benzene rings is 1. The summed E-state index contributed by atoms with van der Waals surface area (Å²) in [5.74, 6) is -1.93. The summed E-state index contributed by atoms with van der Waals surface area (Å²) in [6, 6.07) is 8.33. The highest BCUT2D eigenvalue weighted by molar-refractivity contribution is 7.92. The number of rotatable bonds is 2. The van der Waals surface area contributed by atoms with Gasteiger partial charge >= 0.3 is 5.91 Å². The zero-order valence-corrected chi connectivity index (χ0v) is 10.3. The molecule has 1 amide bonds. The standard InChI is InChI=1S/C11H10N2O4S/c1-18(16,17)9-7-12-13(11(15)10(9)14)8-5-3-2-4-6-8/h2-7,9H,1H3. The van der Waals surface area contributed by atoms with Crippen molar-refractivity contribution in [3.63, 3.8) is 0 Å². The van der Waals surface area contributed by atoms with Crippen LogP contribution >= 0.6 is 0 Å². The Bertz CT molecular complexity index is 622. The molecule has 18 heavy (non-hydrogen) atoms. The first kappa shape index (κ1) is 12.4. The number of ketones is 1. The second-order valence-electron chi connectivity index (χ2n) is 3.83. The number of amides is 1. The van der Waals surface area contributed by atoms with Gasteiger partial charge in [0.1, 0.15) is 0 Å². The van der Waals surface area contributed by atoms with Gasteiger partial charge in [-0.3, -0.25) is 9.59 Å². The molecule has 0 aromatic heterocycles. The summed E-state index contributed by atoms with van der Waals surface area (Å²) in [6.07, 6.45) is 1.87. The van der Waals surface area contributed by atoms with Crippen LogP contribution in [-0.2, 0) is 19.4 Å². The molecule has 0 bridgehead atoms. The molecule has 7 heteroatoms. The first-order valence-corrected chi connectivity index (χ1v) is 7.03. The second-order valence-corrected chi connectivity index (χ2v) is 6.00. The van der Waals surface area contributed by atoms with Gasteiger partial charge in [0.05, 0.1) is 11.9 Å². The van der Waals surface area contributed by atoms with Crippen molar-refractivity contribution in [1.29, 1.82) is 0 Å². The van der Waals surface area contributed by atoms with Crippen molar-refractivity contribution in [2.45, 2.75) is 5.25 Å². The van der Waals surface area contributed by atoms with Crippen molar-refractivity contribution in [3.8, 4) is 0 Å². The molecule has 1 aromatic carbocycles. The molecular weight excluding hydrogens is 256 g/mol. The van der Waals surface area contributed by atoms with Crippen LogP contribution in [0.5, 0.6) is 0 Å². The molecule has 0 radical (unpaired) electrons. The van der Waals surface area contributed by atoms with Crippen molar-refractivity contribution in [3.05, 3.63) is 30.3 Å². The van der Waals surface area contributed by atoms with Crippen molar-refractivity contribution < 1.29 is 18.0 Å². The summed E-state index contributed by atoms with van der Waals surface area (Å²) in [6.45, 7) is 0. The Labute approximate surface area is 104 Å². The van der Waals surface area contributed by atoms with Crippen molar-refractivity contribution in [2.75, 3.05) is 11.3 Å². The van der Waals surface area contributed by atoms with E-state index in [4.69, 9.17) is 0 Å². The fourth-order valence-electron chi connectivity index (χ4n) is 1.53. The lowest BCUT2D eigenvalue weighted by molar-refractivity contribution is -0.135. The second kappa shape index (κ2) is 4.34. The van der Waals surface area contributed by atoms with Gasteiger partial charge in [0.15, 0.2) is 15.1 Å². The van der Waals surface area contributed by atoms with Crippen molar-refractivity contribution >= 4 is 33.4 Å². The van der Waals surface area contributed by atoms with Gasteiger partial charge in [0.25, 0.3) is 0 Å². The molecule has 94 valence electrons. The molecule has 1 aliphatic heterocycles. The summed E-state index contributed by atoms with van der Waals surface area (Å²) >= 11 is 0. The topological polar surface area (TPSA) is 83.9 Å². The van der Waals surface area contributed by atoms with Crippen LogP contribution in [0.3, 0.4) is 0 Å². The highest BCUT2D eigenvalue weighted by Gasteiger charge is 2.39. The first-order chi connectivity index (χ1) is 8.41. The van der Waals surface area contributed by atoms with E-state index in [1.165, 1.54) is 0 Å². The van der Waals surface area contributed by atoms with Gasteiger partial charge in [-0.15, -0.1) is 0 Å². The number of Topliss-reactive ketones (excluding diaryl/α,β-unsaturated/α-hetero) is 1. The van der Waals surface area contributed by atoms with Crippen LogP contribution in [0.4, 0.5) is 5.69 Å². The Morgan fingerprint density at radius 3 is 2.33 bits per heavy atom. The SMILES string of the molecule is CS(=O)(=O)C1C=NN(c2ccccc2)C(=O)C1=O. The van der Waals surface area contributed by atoms with Gasteiger partial charge in [0.2, 0.25) is 5.78 Å². The molecule has 6 nitrogen and oxygen atoms in total. The minimum atomic E-state index is -3.66. The number of hydrogen-bond acceptors (Lipinski definition) is 5. The molecular formula is C11H10N2O4S. The maximum absolute atomic E-state index is 11.8. The fraction of sp³-hybridized carbons (Fsp3) is 0.182. The summed E-state index contributed by atoms with van der Waals surface area (Å²) in [4.78, 5) is 23.5. The van der Waals surface area contributed by atoms with Crippen LogP contribution in [0.1, 0.15) is 0 Å². The van der Waals surface area contributed by atoms with E-state index in [2.05, 4.69) is 5.10 Å². The lowest BCUT2D eigenvalue weighted by atomic mass is 10.2. The number of nitrogens with zero attached hydrogens (tertiary/aromatic N) is 2. The Morgan fingerprint density at radius 2 is 1.78 bits per heavy atom. The van der Waals surface area contributed by atoms with E-state index in [-0.39, 0.29) is 0 Å². The molecule has 0 fully saturated rings. The molecule has 1 atom stereocenters. The molecule has 1 aromatic rings. The molecule has 2 rings (SSSR count). The fourth-order valence-corrected chi connectivity index (χ4v) is 2.30. The number of para-hydroxylation sites is 1. The molecule has 0 saturated carbocycles. The maximum Gasteiger partial charge on any atom is 0.316 e. The molecule has 0 saturated heterocycles. The van der Waals surface area contributed by atoms with Crippen LogP contribution in [0.25, 0.3) is 0 Å². The van der Waals surface area contributed by atoms with Crippen LogP contribution in [-0.4, -0.2) is 37.8 Å². The minimum absolute atomic E-state index is 0.416. The van der Waals surface area contributed by atoms with Crippen LogP contribution in [0.15, 0.2) is 35.4 Å². The molecule has 1 heterocycles. The highest BCUT2D eigenvalue weighted by Crippen LogP contribution is 2.18. The van der Waals surface area contributed by atoms with Gasteiger partial charge in [-0.05, 0) is 12.1 Å². The Morgan fingerprint density at radius 1 is 1.17 bits per heavy atom. The number of anilines is 1. The van der Waals surface area contributed by atoms with E-state index in [9.17, 15) is 18.0 Å². The molecule has 1 unspecified atom stereocenters. The third kappa shape index (κ3) is 2.17. The number of hydrazone groups is 1. The summed E-state index contributed by atoms with van der Waals surface area (Å²) in [7, 11) is -3.66. The molecule has 0 aliphatic carbocycles. The lowest BCUT2D eigenvalue weighted by Crippen LogP contribution is -2.47. The minimum Gasteiger partial charge on any atom is -0.287 e. The first-order valence-electron chi connectivity index (χ1n) is 5.07. The third-order valence-electron chi connectivity index (χ3n) is 2.44. The van der Waals surface area contributed by atoms with Gasteiger partial charge in [0, 0.05) is 6.26 Å². The van der Waals surface area contributed by atoms with Gasteiger partial charge in [-0.2, -0.15) is 10.1 Å². The van der Waals surface area contributed by atoms with Crippen LogP contribution < -0.4 is 5.01 Å². The number of hydrogen-bond donors (Lipinski definition) is 0. The van der Waals surface area contributed by atoms with E-state index in [1.54, 1.807) is 30.3 Å². The molecule has 0 N–H and O–H groups in total. The Hall–Kier alpha value is -2.02. The summed E-state index contributed by atoms with van der Waals surface area (Å²) in [5.41, 5.74) is 0.416. The van der Waals surface area contributed by atoms with Gasteiger partial charge in [-0.25, -0.2) is 8.42 Å². The maximum atomic E-state index is 11.8.